The number of carbonyl (C=O) groups excluding carboxylic acids is 1. The number of H-pyrrole nitrogens is 1. The quantitative estimate of drug-likeness (QED) is 0.268. The number of hydrogen-bond donors (Lipinski definition) is 2. The highest BCUT2D eigenvalue weighted by molar-refractivity contribution is 6.13. The molecule has 2 heterocycles. The van der Waals surface area contributed by atoms with E-state index in [0.29, 0.717) is 18.2 Å². The molecule has 0 aliphatic carbocycles. The molecule has 0 aliphatic heterocycles. The Hall–Kier alpha value is -3.92. The monoisotopic (exact) mass is 447 g/mol. The smallest absolute Gasteiger partial charge is 0.269 e. The van der Waals surface area contributed by atoms with Crippen LogP contribution in [0.2, 0.25) is 0 Å². The number of benzene rings is 3. The predicted octanol–water partition coefficient (Wildman–Crippen LogP) is 6.87. The van der Waals surface area contributed by atoms with E-state index in [9.17, 15) is 4.79 Å². The Balaban J connectivity index is 1.46. The lowest BCUT2D eigenvalue weighted by Crippen LogP contribution is -2.25. The van der Waals surface area contributed by atoms with E-state index in [2.05, 4.69) is 72.7 Å². The molecule has 0 bridgehead atoms. The molecule has 2 aromatic heterocycles. The van der Waals surface area contributed by atoms with E-state index in [4.69, 9.17) is 4.98 Å². The van der Waals surface area contributed by atoms with Crippen LogP contribution in [-0.2, 0) is 6.42 Å². The largest absolute Gasteiger partial charge is 0.353 e. The number of hydrogen-bond acceptors (Lipinski definition) is 2. The third-order valence-corrected chi connectivity index (χ3v) is 6.35. The van der Waals surface area contributed by atoms with Gasteiger partial charge in [-0.1, -0.05) is 86.6 Å². The minimum Gasteiger partial charge on any atom is -0.353 e. The van der Waals surface area contributed by atoms with Crippen molar-refractivity contribution in [2.45, 2.75) is 32.6 Å². The van der Waals surface area contributed by atoms with Gasteiger partial charge in [0.2, 0.25) is 0 Å². The van der Waals surface area contributed by atoms with Crippen molar-refractivity contribution in [2.24, 2.45) is 0 Å². The molecular weight excluding hydrogens is 418 g/mol. The summed E-state index contributed by atoms with van der Waals surface area (Å²) in [6.07, 6.45) is 1.82. The van der Waals surface area contributed by atoms with E-state index < -0.39 is 0 Å². The van der Waals surface area contributed by atoms with Gasteiger partial charge in [-0.15, -0.1) is 0 Å². The number of nitrogens with one attached hydrogen (secondary N) is 2. The third-order valence-electron chi connectivity index (χ3n) is 6.35. The van der Waals surface area contributed by atoms with Gasteiger partial charge >= 0.3 is 0 Å². The molecule has 34 heavy (non-hydrogen) atoms. The van der Waals surface area contributed by atoms with Crippen LogP contribution >= 0.6 is 0 Å². The minimum atomic E-state index is -0.139. The van der Waals surface area contributed by atoms with Gasteiger partial charge in [-0.2, -0.15) is 0 Å². The number of pyridine rings is 1. The van der Waals surface area contributed by atoms with Crippen molar-refractivity contribution in [1.82, 2.24) is 15.3 Å². The lowest BCUT2D eigenvalue weighted by Gasteiger charge is -2.10. The van der Waals surface area contributed by atoms with E-state index in [1.165, 1.54) is 11.1 Å². The first kappa shape index (κ1) is 21.9. The second kappa shape index (κ2) is 9.52. The van der Waals surface area contributed by atoms with Crippen molar-refractivity contribution in [2.75, 3.05) is 6.54 Å². The molecule has 1 amide bonds. The molecule has 0 fully saturated rings. The number of carbonyl (C=O) groups is 1. The summed E-state index contributed by atoms with van der Waals surface area (Å²) in [6, 6.07) is 28.9. The number of aromatic nitrogens is 2. The summed E-state index contributed by atoms with van der Waals surface area (Å²) >= 11 is 0. The number of nitrogens with zero attached hydrogens (tertiary/aromatic N) is 1. The Morgan fingerprint density at radius 3 is 2.41 bits per heavy atom. The molecule has 4 heteroatoms. The van der Waals surface area contributed by atoms with E-state index in [1.807, 2.05) is 36.4 Å². The Morgan fingerprint density at radius 2 is 1.65 bits per heavy atom. The van der Waals surface area contributed by atoms with Gasteiger partial charge in [0.1, 0.15) is 5.69 Å². The van der Waals surface area contributed by atoms with Gasteiger partial charge in [0, 0.05) is 28.4 Å². The number of amides is 1. The Bertz CT molecular complexity index is 1430. The van der Waals surface area contributed by atoms with Gasteiger partial charge in [-0.3, -0.25) is 4.79 Å². The number of rotatable bonds is 7. The summed E-state index contributed by atoms with van der Waals surface area (Å²) < 4.78 is 0. The van der Waals surface area contributed by atoms with Crippen LogP contribution in [0, 0.1) is 0 Å². The van der Waals surface area contributed by atoms with Gasteiger partial charge < -0.3 is 10.3 Å². The van der Waals surface area contributed by atoms with E-state index in [-0.39, 0.29) is 5.91 Å². The molecule has 2 N–H and O–H groups in total. The zero-order chi connectivity index (χ0) is 23.5. The lowest BCUT2D eigenvalue weighted by molar-refractivity contribution is 0.0948. The summed E-state index contributed by atoms with van der Waals surface area (Å²) in [7, 11) is 0. The molecule has 0 radical (unpaired) electrons. The van der Waals surface area contributed by atoms with Gasteiger partial charge in [-0.05, 0) is 42.0 Å². The second-order valence-electron chi connectivity index (χ2n) is 9.07. The first-order chi connectivity index (χ1) is 16.6. The van der Waals surface area contributed by atoms with Gasteiger partial charge in [0.15, 0.2) is 0 Å². The molecule has 5 aromatic rings. The highest BCUT2D eigenvalue weighted by atomic mass is 16.1. The van der Waals surface area contributed by atoms with Gasteiger partial charge in [-0.25, -0.2) is 4.98 Å². The molecule has 0 aliphatic rings. The number of fused-ring (bicyclic) bond motifs is 3. The van der Waals surface area contributed by atoms with Gasteiger partial charge in [0.25, 0.3) is 5.91 Å². The highest BCUT2D eigenvalue weighted by Gasteiger charge is 2.17. The predicted molar refractivity (Wildman–Crippen MR) is 140 cm³/mol. The number of aryl methyl sites for hydroxylation is 1. The van der Waals surface area contributed by atoms with Crippen LogP contribution in [0.15, 0.2) is 84.9 Å². The number of para-hydroxylation sites is 1. The molecular formula is C30H29N3O. The Kier molecular flexibility index (Phi) is 6.13. The molecule has 170 valence electrons. The molecule has 0 spiro atoms. The van der Waals surface area contributed by atoms with Gasteiger partial charge in [0.05, 0.1) is 11.2 Å². The highest BCUT2D eigenvalue weighted by Crippen LogP contribution is 2.33. The summed E-state index contributed by atoms with van der Waals surface area (Å²) in [5.41, 5.74) is 6.81. The average Bonchev–Trinajstić information content (AvgIpc) is 3.25. The van der Waals surface area contributed by atoms with Crippen molar-refractivity contribution in [3.8, 4) is 11.3 Å². The van der Waals surface area contributed by atoms with Crippen LogP contribution in [0.25, 0.3) is 33.1 Å². The molecule has 0 unspecified atom stereocenters. The standard InChI is InChI=1S/C30H29N3O/c1-20(2)22-14-16-23(17-15-22)28-29-25(24-12-6-7-13-26(24)32-29)19-27(33-28)30(34)31-18-8-11-21-9-4-3-5-10-21/h3-7,9-10,12-17,19-20,32H,8,11,18H2,1-2H3,(H,31,34). The minimum absolute atomic E-state index is 0.139. The maximum atomic E-state index is 13.1. The molecule has 0 saturated carbocycles. The number of aromatic amines is 1. The van der Waals surface area contributed by atoms with Crippen molar-refractivity contribution < 1.29 is 4.79 Å². The van der Waals surface area contributed by atoms with Crippen molar-refractivity contribution in [1.29, 1.82) is 0 Å². The molecule has 0 saturated heterocycles. The molecule has 0 atom stereocenters. The third kappa shape index (κ3) is 4.44. The fourth-order valence-electron chi connectivity index (χ4n) is 4.43. The lowest BCUT2D eigenvalue weighted by atomic mass is 9.99. The second-order valence-corrected chi connectivity index (χ2v) is 9.07. The van der Waals surface area contributed by atoms with Crippen LogP contribution in [-0.4, -0.2) is 22.4 Å². The van der Waals surface area contributed by atoms with E-state index in [0.717, 1.165) is 45.9 Å². The van der Waals surface area contributed by atoms with Crippen LogP contribution in [0.5, 0.6) is 0 Å². The van der Waals surface area contributed by atoms with Crippen LogP contribution in [0.4, 0.5) is 0 Å². The fourth-order valence-corrected chi connectivity index (χ4v) is 4.43. The first-order valence-corrected chi connectivity index (χ1v) is 11.9. The molecule has 5 rings (SSSR count). The Morgan fingerprint density at radius 1 is 0.912 bits per heavy atom. The van der Waals surface area contributed by atoms with Crippen molar-refractivity contribution in [3.63, 3.8) is 0 Å². The maximum Gasteiger partial charge on any atom is 0.269 e. The topological polar surface area (TPSA) is 57.8 Å². The summed E-state index contributed by atoms with van der Waals surface area (Å²) in [5, 5.41) is 5.18. The van der Waals surface area contributed by atoms with Crippen molar-refractivity contribution in [3.05, 3.63) is 102 Å². The Labute approximate surface area is 200 Å². The normalized spacial score (nSPS) is 11.4. The zero-order valence-electron chi connectivity index (χ0n) is 19.6. The fraction of sp³-hybridized carbons (Fsp3) is 0.200. The van der Waals surface area contributed by atoms with Crippen LogP contribution in [0.3, 0.4) is 0 Å². The van der Waals surface area contributed by atoms with E-state index >= 15 is 0 Å². The molecule has 4 nitrogen and oxygen atoms in total. The average molecular weight is 448 g/mol. The first-order valence-electron chi connectivity index (χ1n) is 11.9. The van der Waals surface area contributed by atoms with E-state index in [1.54, 1.807) is 0 Å². The van der Waals surface area contributed by atoms with Crippen molar-refractivity contribution >= 4 is 27.7 Å². The summed E-state index contributed by atoms with van der Waals surface area (Å²) in [6.45, 7) is 4.98. The summed E-state index contributed by atoms with van der Waals surface area (Å²) in [4.78, 5) is 21.5. The van der Waals surface area contributed by atoms with Crippen LogP contribution in [0.1, 0.15) is 47.8 Å². The SMILES string of the molecule is CC(C)c1ccc(-c2nc(C(=O)NCCCc3ccccc3)cc3c2[nH]c2ccccc23)cc1. The maximum absolute atomic E-state index is 13.1. The summed E-state index contributed by atoms with van der Waals surface area (Å²) in [5.74, 6) is 0.323. The zero-order valence-corrected chi connectivity index (χ0v) is 19.6. The molecule has 3 aromatic carbocycles. The van der Waals surface area contributed by atoms with Crippen LogP contribution < -0.4 is 5.32 Å².